The number of aromatic nitrogens is 3. The van der Waals surface area contributed by atoms with Crippen LogP contribution in [0, 0.1) is 0 Å². The summed E-state index contributed by atoms with van der Waals surface area (Å²) in [6.45, 7) is 4.81. The molecular weight excluding hydrogens is 432 g/mol. The molecule has 9 nitrogen and oxygen atoms in total. The van der Waals surface area contributed by atoms with Crippen molar-refractivity contribution in [3.8, 4) is 22.8 Å². The number of nitrogens with two attached hydrogens (primary N) is 1. The Hall–Kier alpha value is -3.62. The first-order valence-corrected chi connectivity index (χ1v) is 11.7. The fourth-order valence-corrected chi connectivity index (χ4v) is 4.25. The van der Waals surface area contributed by atoms with Gasteiger partial charge in [0.1, 0.15) is 5.52 Å². The number of anilines is 2. The van der Waals surface area contributed by atoms with Crippen molar-refractivity contribution in [2.75, 3.05) is 51.0 Å². The third-order valence-corrected chi connectivity index (χ3v) is 6.15. The molecule has 1 amide bonds. The highest BCUT2D eigenvalue weighted by atomic mass is 16.5. The molecular formula is C25H32N6O3. The highest BCUT2D eigenvalue weighted by Gasteiger charge is 2.24. The lowest BCUT2D eigenvalue weighted by Crippen LogP contribution is -2.49. The number of ether oxygens (including phenoxy) is 2. The molecule has 0 radical (unpaired) electrons. The summed E-state index contributed by atoms with van der Waals surface area (Å²) in [5, 5.41) is 0. The van der Waals surface area contributed by atoms with Crippen LogP contribution >= 0.6 is 0 Å². The van der Waals surface area contributed by atoms with Crippen LogP contribution in [-0.4, -0.2) is 66.2 Å². The molecule has 9 heteroatoms. The van der Waals surface area contributed by atoms with Crippen LogP contribution in [0.25, 0.3) is 22.3 Å². The molecule has 0 saturated carbocycles. The van der Waals surface area contributed by atoms with E-state index in [1.165, 1.54) is 0 Å². The van der Waals surface area contributed by atoms with Crippen LogP contribution in [-0.2, 0) is 4.79 Å². The average Bonchev–Trinajstić information content (AvgIpc) is 2.87. The van der Waals surface area contributed by atoms with Crippen LogP contribution in [0.2, 0.25) is 0 Å². The average molecular weight is 465 g/mol. The van der Waals surface area contributed by atoms with Crippen LogP contribution in [0.5, 0.6) is 11.5 Å². The number of piperazine rings is 1. The van der Waals surface area contributed by atoms with Crippen LogP contribution in [0.15, 0.2) is 30.3 Å². The number of methoxy groups -OCH3 is 2. The van der Waals surface area contributed by atoms with E-state index in [-0.39, 0.29) is 11.9 Å². The second-order valence-corrected chi connectivity index (χ2v) is 8.36. The lowest BCUT2D eigenvalue weighted by Gasteiger charge is -2.35. The van der Waals surface area contributed by atoms with Gasteiger partial charge < -0.3 is 25.0 Å². The maximum Gasteiger partial charge on any atom is 0.222 e. The van der Waals surface area contributed by atoms with Crippen molar-refractivity contribution in [1.29, 1.82) is 0 Å². The van der Waals surface area contributed by atoms with Gasteiger partial charge in [0.2, 0.25) is 11.9 Å². The van der Waals surface area contributed by atoms with E-state index in [1.807, 2.05) is 35.2 Å². The topological polar surface area (TPSA) is 107 Å². The molecule has 3 heterocycles. The predicted molar refractivity (Wildman–Crippen MR) is 133 cm³/mol. The molecule has 4 rings (SSSR count). The lowest BCUT2D eigenvalue weighted by atomic mass is 10.1. The van der Waals surface area contributed by atoms with Crippen molar-refractivity contribution in [2.24, 2.45) is 0 Å². The Morgan fingerprint density at radius 3 is 2.44 bits per heavy atom. The van der Waals surface area contributed by atoms with Crippen LogP contribution in [0.3, 0.4) is 0 Å². The monoisotopic (exact) mass is 464 g/mol. The van der Waals surface area contributed by atoms with Crippen LogP contribution < -0.4 is 20.1 Å². The van der Waals surface area contributed by atoms with E-state index < -0.39 is 0 Å². The zero-order chi connectivity index (χ0) is 24.1. The first-order chi connectivity index (χ1) is 16.5. The summed E-state index contributed by atoms with van der Waals surface area (Å²) in [5.41, 5.74) is 9.06. The number of carbonyl (C=O) groups excluding carboxylic acids is 1. The highest BCUT2D eigenvalue weighted by Crippen LogP contribution is 2.33. The van der Waals surface area contributed by atoms with Crippen LogP contribution in [0.4, 0.5) is 11.8 Å². The van der Waals surface area contributed by atoms with Gasteiger partial charge in [-0.25, -0.2) is 9.97 Å². The van der Waals surface area contributed by atoms with E-state index in [9.17, 15) is 4.79 Å². The summed E-state index contributed by atoms with van der Waals surface area (Å²) in [5.74, 6) is 2.43. The van der Waals surface area contributed by atoms with Gasteiger partial charge in [0.05, 0.1) is 25.4 Å². The van der Waals surface area contributed by atoms with E-state index in [0.717, 1.165) is 30.5 Å². The molecule has 0 atom stereocenters. The van der Waals surface area contributed by atoms with E-state index >= 15 is 0 Å². The first-order valence-electron chi connectivity index (χ1n) is 11.7. The molecule has 0 aliphatic carbocycles. The summed E-state index contributed by atoms with van der Waals surface area (Å²) in [7, 11) is 3.22. The number of unbranched alkanes of at least 4 members (excludes halogenated alkanes) is 2. The first kappa shape index (κ1) is 23.5. The Balaban J connectivity index is 1.59. The number of nitrogen functional groups attached to an aromatic ring is 1. The number of pyridine rings is 1. The second kappa shape index (κ2) is 10.5. The van der Waals surface area contributed by atoms with Crippen molar-refractivity contribution in [1.82, 2.24) is 19.9 Å². The number of benzene rings is 1. The summed E-state index contributed by atoms with van der Waals surface area (Å²) >= 11 is 0. The van der Waals surface area contributed by atoms with E-state index in [0.29, 0.717) is 61.0 Å². The molecule has 180 valence electrons. The number of carbonyl (C=O) groups is 1. The highest BCUT2D eigenvalue weighted by molar-refractivity contribution is 5.89. The molecule has 1 aromatic carbocycles. The minimum Gasteiger partial charge on any atom is -0.493 e. The van der Waals surface area contributed by atoms with Crippen molar-refractivity contribution in [3.63, 3.8) is 0 Å². The fraction of sp³-hybridized carbons (Fsp3) is 0.440. The standard InChI is InChI=1S/C25H32N6O3/c1-4-5-6-7-22(32)30-12-14-31(15-13-30)24-23-19(28-25(26)29-24)10-9-18(27-23)17-8-11-20(33-2)21(16-17)34-3/h8-11,16H,4-7,12-15H2,1-3H3,(H2,26,28,29). The molecule has 0 unspecified atom stereocenters. The summed E-state index contributed by atoms with van der Waals surface area (Å²) in [6.07, 6.45) is 3.77. The van der Waals surface area contributed by atoms with Gasteiger partial charge in [-0.3, -0.25) is 4.79 Å². The Labute approximate surface area is 199 Å². The maximum absolute atomic E-state index is 12.5. The number of hydrogen-bond acceptors (Lipinski definition) is 8. The molecule has 2 aromatic heterocycles. The molecule has 1 saturated heterocycles. The fourth-order valence-electron chi connectivity index (χ4n) is 4.25. The minimum atomic E-state index is 0.209. The number of hydrogen-bond donors (Lipinski definition) is 1. The lowest BCUT2D eigenvalue weighted by molar-refractivity contribution is -0.131. The third-order valence-electron chi connectivity index (χ3n) is 6.15. The van der Waals surface area contributed by atoms with Gasteiger partial charge in [-0.2, -0.15) is 4.98 Å². The molecule has 1 aliphatic heterocycles. The SMILES string of the molecule is CCCCCC(=O)N1CCN(c2nc(N)nc3ccc(-c4ccc(OC)c(OC)c4)nc23)CC1. The smallest absolute Gasteiger partial charge is 0.222 e. The molecule has 3 aromatic rings. The maximum atomic E-state index is 12.5. The molecule has 1 aliphatic rings. The predicted octanol–water partition coefficient (Wildman–Crippen LogP) is 3.52. The van der Waals surface area contributed by atoms with Crippen molar-refractivity contribution >= 4 is 28.7 Å². The Bertz CT molecular complexity index is 1160. The van der Waals surface area contributed by atoms with Gasteiger partial charge >= 0.3 is 0 Å². The van der Waals surface area contributed by atoms with Gasteiger partial charge in [-0.1, -0.05) is 19.8 Å². The van der Waals surface area contributed by atoms with Crippen molar-refractivity contribution in [2.45, 2.75) is 32.6 Å². The third kappa shape index (κ3) is 4.98. The van der Waals surface area contributed by atoms with E-state index in [1.54, 1.807) is 14.2 Å². The van der Waals surface area contributed by atoms with Gasteiger partial charge in [0.15, 0.2) is 17.3 Å². The molecule has 2 N–H and O–H groups in total. The number of nitrogens with zero attached hydrogens (tertiary/aromatic N) is 5. The quantitative estimate of drug-likeness (QED) is 0.505. The van der Waals surface area contributed by atoms with Gasteiger partial charge in [0.25, 0.3) is 0 Å². The van der Waals surface area contributed by atoms with E-state index in [4.69, 9.17) is 20.2 Å². The van der Waals surface area contributed by atoms with Gasteiger partial charge in [0, 0.05) is 38.2 Å². The minimum absolute atomic E-state index is 0.209. The Morgan fingerprint density at radius 1 is 0.971 bits per heavy atom. The van der Waals surface area contributed by atoms with Crippen molar-refractivity contribution < 1.29 is 14.3 Å². The zero-order valence-corrected chi connectivity index (χ0v) is 20.1. The molecule has 0 spiro atoms. The molecule has 34 heavy (non-hydrogen) atoms. The number of rotatable bonds is 8. The Morgan fingerprint density at radius 2 is 1.74 bits per heavy atom. The number of amides is 1. The summed E-state index contributed by atoms with van der Waals surface area (Å²) in [6, 6.07) is 9.51. The number of fused-ring (bicyclic) bond motifs is 1. The normalized spacial score (nSPS) is 13.9. The van der Waals surface area contributed by atoms with Gasteiger partial charge in [-0.05, 0) is 36.8 Å². The van der Waals surface area contributed by atoms with Gasteiger partial charge in [-0.15, -0.1) is 0 Å². The summed E-state index contributed by atoms with van der Waals surface area (Å²) in [4.78, 5) is 30.4. The molecule has 1 fully saturated rings. The zero-order valence-electron chi connectivity index (χ0n) is 20.1. The van der Waals surface area contributed by atoms with E-state index in [2.05, 4.69) is 21.8 Å². The summed E-state index contributed by atoms with van der Waals surface area (Å²) < 4.78 is 10.8. The van der Waals surface area contributed by atoms with Crippen molar-refractivity contribution in [3.05, 3.63) is 30.3 Å². The molecule has 0 bridgehead atoms. The Kier molecular flexibility index (Phi) is 7.30. The second-order valence-electron chi connectivity index (χ2n) is 8.36. The van der Waals surface area contributed by atoms with Crippen LogP contribution in [0.1, 0.15) is 32.6 Å². The largest absolute Gasteiger partial charge is 0.493 e.